The number of benzene rings is 3. The fraction of sp³-hybridized carbons (Fsp3) is 0.208. The molecule has 1 N–H and O–H groups in total. The van der Waals surface area contributed by atoms with Gasteiger partial charge in [-0.25, -0.2) is 8.42 Å². The maximum Gasteiger partial charge on any atom is 0.264 e. The summed E-state index contributed by atoms with van der Waals surface area (Å²) in [5, 5.41) is 3.08. The SMILES string of the molecule is Cc1ccc(S(=O)(=O)N(CC(=O)Nc2ccccc2Cl)c2ccc(C(C)C)cc2)cc1. The van der Waals surface area contributed by atoms with Crippen molar-refractivity contribution in [1.29, 1.82) is 0 Å². The first-order valence-electron chi connectivity index (χ1n) is 9.92. The van der Waals surface area contributed by atoms with Crippen molar-refractivity contribution in [3.8, 4) is 0 Å². The molecule has 3 aromatic carbocycles. The molecule has 0 aliphatic rings. The highest BCUT2D eigenvalue weighted by Gasteiger charge is 2.27. The van der Waals surface area contributed by atoms with Gasteiger partial charge >= 0.3 is 0 Å². The first-order chi connectivity index (χ1) is 14.7. The molecule has 0 spiro atoms. The molecule has 0 atom stereocenters. The monoisotopic (exact) mass is 456 g/mol. The van der Waals surface area contributed by atoms with Crippen LogP contribution in [0.4, 0.5) is 11.4 Å². The summed E-state index contributed by atoms with van der Waals surface area (Å²) in [5.41, 5.74) is 2.87. The Hall–Kier alpha value is -2.83. The maximum atomic E-state index is 13.4. The number of sulfonamides is 1. The summed E-state index contributed by atoms with van der Waals surface area (Å²) in [4.78, 5) is 12.9. The molecule has 0 aliphatic heterocycles. The smallest absolute Gasteiger partial charge is 0.264 e. The van der Waals surface area contributed by atoms with Crippen LogP contribution in [-0.2, 0) is 14.8 Å². The van der Waals surface area contributed by atoms with Gasteiger partial charge in [-0.05, 0) is 54.8 Å². The Kier molecular flexibility index (Phi) is 7.03. The average molecular weight is 457 g/mol. The first kappa shape index (κ1) is 22.8. The second-order valence-corrected chi connectivity index (χ2v) is 9.87. The van der Waals surface area contributed by atoms with Crippen molar-refractivity contribution in [3.63, 3.8) is 0 Å². The van der Waals surface area contributed by atoms with Crippen LogP contribution in [0, 0.1) is 6.92 Å². The second kappa shape index (κ2) is 9.54. The van der Waals surface area contributed by atoms with E-state index in [4.69, 9.17) is 11.6 Å². The fourth-order valence-electron chi connectivity index (χ4n) is 3.06. The third kappa shape index (κ3) is 5.46. The van der Waals surface area contributed by atoms with Gasteiger partial charge in [-0.15, -0.1) is 0 Å². The van der Waals surface area contributed by atoms with Gasteiger partial charge in [0.15, 0.2) is 0 Å². The van der Waals surface area contributed by atoms with E-state index in [9.17, 15) is 13.2 Å². The minimum Gasteiger partial charge on any atom is -0.323 e. The lowest BCUT2D eigenvalue weighted by Gasteiger charge is -2.24. The number of carbonyl (C=O) groups is 1. The lowest BCUT2D eigenvalue weighted by molar-refractivity contribution is -0.114. The van der Waals surface area contributed by atoms with Crippen molar-refractivity contribution in [3.05, 3.63) is 88.9 Å². The van der Waals surface area contributed by atoms with Crippen molar-refractivity contribution in [2.24, 2.45) is 0 Å². The van der Waals surface area contributed by atoms with Gasteiger partial charge in [0.05, 0.1) is 21.3 Å². The number of rotatable bonds is 7. The van der Waals surface area contributed by atoms with E-state index in [1.165, 1.54) is 0 Å². The summed E-state index contributed by atoms with van der Waals surface area (Å²) in [7, 11) is -3.96. The standard InChI is InChI=1S/C24H25ClN2O3S/c1-17(2)19-10-12-20(13-11-19)27(31(29,30)21-14-8-18(3)9-15-21)16-24(28)26-23-7-5-4-6-22(23)25/h4-15,17H,16H2,1-3H3,(H,26,28). The van der Waals surface area contributed by atoms with Gasteiger partial charge in [0.2, 0.25) is 5.91 Å². The van der Waals surface area contributed by atoms with Crippen LogP contribution in [0.1, 0.15) is 30.9 Å². The molecular weight excluding hydrogens is 432 g/mol. The molecule has 1 amide bonds. The third-order valence-corrected chi connectivity index (χ3v) is 7.01. The number of hydrogen-bond acceptors (Lipinski definition) is 3. The van der Waals surface area contributed by atoms with E-state index < -0.39 is 15.9 Å². The van der Waals surface area contributed by atoms with Crippen LogP contribution in [0.5, 0.6) is 0 Å². The average Bonchev–Trinajstić information content (AvgIpc) is 2.74. The molecular formula is C24H25ClN2O3S. The van der Waals surface area contributed by atoms with E-state index in [-0.39, 0.29) is 11.4 Å². The number of nitrogens with one attached hydrogen (secondary N) is 1. The molecule has 162 valence electrons. The Morgan fingerprint density at radius 1 is 0.968 bits per heavy atom. The second-order valence-electron chi connectivity index (χ2n) is 7.60. The molecule has 0 aromatic heterocycles. The van der Waals surface area contributed by atoms with Gasteiger partial charge < -0.3 is 5.32 Å². The van der Waals surface area contributed by atoms with E-state index >= 15 is 0 Å². The molecule has 0 aliphatic carbocycles. The molecule has 31 heavy (non-hydrogen) atoms. The molecule has 3 rings (SSSR count). The highest BCUT2D eigenvalue weighted by atomic mass is 35.5. The topological polar surface area (TPSA) is 66.5 Å². The van der Waals surface area contributed by atoms with Crippen molar-refractivity contribution in [2.45, 2.75) is 31.6 Å². The van der Waals surface area contributed by atoms with Crippen molar-refractivity contribution >= 4 is 38.9 Å². The summed E-state index contributed by atoms with van der Waals surface area (Å²) in [6, 6.07) is 20.6. The summed E-state index contributed by atoms with van der Waals surface area (Å²) >= 11 is 6.12. The van der Waals surface area contributed by atoms with Gasteiger partial charge in [-0.3, -0.25) is 9.10 Å². The predicted molar refractivity (Wildman–Crippen MR) is 126 cm³/mol. The molecule has 3 aromatic rings. The lowest BCUT2D eigenvalue weighted by atomic mass is 10.0. The molecule has 0 heterocycles. The highest BCUT2D eigenvalue weighted by molar-refractivity contribution is 7.92. The van der Waals surface area contributed by atoms with Crippen molar-refractivity contribution in [2.75, 3.05) is 16.2 Å². The summed E-state index contributed by atoms with van der Waals surface area (Å²) in [6.45, 7) is 5.62. The molecule has 0 saturated carbocycles. The number of halogens is 1. The zero-order valence-electron chi connectivity index (χ0n) is 17.7. The molecule has 0 saturated heterocycles. The van der Waals surface area contributed by atoms with E-state index in [1.54, 1.807) is 60.7 Å². The van der Waals surface area contributed by atoms with Crippen LogP contribution >= 0.6 is 11.6 Å². The Labute approximate surface area is 188 Å². The Balaban J connectivity index is 1.96. The molecule has 0 bridgehead atoms. The van der Waals surface area contributed by atoms with Crippen LogP contribution in [-0.4, -0.2) is 20.9 Å². The first-order valence-corrected chi connectivity index (χ1v) is 11.7. The number of carbonyl (C=O) groups excluding carboxylic acids is 1. The van der Waals surface area contributed by atoms with Gasteiger partial charge in [0, 0.05) is 0 Å². The fourth-order valence-corrected chi connectivity index (χ4v) is 4.66. The van der Waals surface area contributed by atoms with Gasteiger partial charge in [0.1, 0.15) is 6.54 Å². The molecule has 5 nitrogen and oxygen atoms in total. The third-order valence-electron chi connectivity index (χ3n) is 4.89. The van der Waals surface area contributed by atoms with Crippen LogP contribution < -0.4 is 9.62 Å². The van der Waals surface area contributed by atoms with Gasteiger partial charge in [0.25, 0.3) is 10.0 Å². The number of para-hydroxylation sites is 1. The Morgan fingerprint density at radius 3 is 2.16 bits per heavy atom. The zero-order chi connectivity index (χ0) is 22.6. The van der Waals surface area contributed by atoms with Crippen LogP contribution in [0.25, 0.3) is 0 Å². The molecule has 0 fully saturated rings. The van der Waals surface area contributed by atoms with Crippen LogP contribution in [0.2, 0.25) is 5.02 Å². The quantitative estimate of drug-likeness (QED) is 0.502. The highest BCUT2D eigenvalue weighted by Crippen LogP contribution is 2.27. The van der Waals surface area contributed by atoms with Crippen LogP contribution in [0.15, 0.2) is 77.7 Å². The minimum atomic E-state index is -3.96. The van der Waals surface area contributed by atoms with E-state index in [2.05, 4.69) is 19.2 Å². The number of amides is 1. The molecule has 7 heteroatoms. The lowest BCUT2D eigenvalue weighted by Crippen LogP contribution is -2.38. The maximum absolute atomic E-state index is 13.4. The number of anilines is 2. The Bertz CT molecular complexity index is 1160. The van der Waals surface area contributed by atoms with E-state index in [0.717, 1.165) is 15.4 Å². The largest absolute Gasteiger partial charge is 0.323 e. The number of nitrogens with zero attached hydrogens (tertiary/aromatic N) is 1. The van der Waals surface area contributed by atoms with Gasteiger partial charge in [-0.1, -0.05) is 67.4 Å². The normalized spacial score (nSPS) is 11.4. The summed E-state index contributed by atoms with van der Waals surface area (Å²) in [6.07, 6.45) is 0. The Morgan fingerprint density at radius 2 is 1.58 bits per heavy atom. The van der Waals surface area contributed by atoms with Gasteiger partial charge in [-0.2, -0.15) is 0 Å². The minimum absolute atomic E-state index is 0.122. The van der Waals surface area contributed by atoms with Crippen LogP contribution in [0.3, 0.4) is 0 Å². The van der Waals surface area contributed by atoms with E-state index in [0.29, 0.717) is 22.3 Å². The number of hydrogen-bond donors (Lipinski definition) is 1. The summed E-state index contributed by atoms with van der Waals surface area (Å²) in [5.74, 6) is -0.184. The molecule has 0 radical (unpaired) electrons. The zero-order valence-corrected chi connectivity index (χ0v) is 19.2. The number of aryl methyl sites for hydroxylation is 1. The van der Waals surface area contributed by atoms with Crippen molar-refractivity contribution in [1.82, 2.24) is 0 Å². The molecule has 0 unspecified atom stereocenters. The van der Waals surface area contributed by atoms with Crippen molar-refractivity contribution < 1.29 is 13.2 Å². The summed E-state index contributed by atoms with van der Waals surface area (Å²) < 4.78 is 28.0. The van der Waals surface area contributed by atoms with E-state index in [1.807, 2.05) is 19.1 Å². The predicted octanol–water partition coefficient (Wildman–Crippen LogP) is 5.61.